The first kappa shape index (κ1) is 21.1. The van der Waals surface area contributed by atoms with Gasteiger partial charge in [-0.1, -0.05) is 18.2 Å². The van der Waals surface area contributed by atoms with Gasteiger partial charge in [-0.25, -0.2) is 0 Å². The van der Waals surface area contributed by atoms with Crippen LogP contribution in [0.2, 0.25) is 0 Å². The van der Waals surface area contributed by atoms with Gasteiger partial charge in [0, 0.05) is 38.9 Å². The monoisotopic (exact) mass is 465 g/mol. The molecule has 0 aliphatic rings. The summed E-state index contributed by atoms with van der Waals surface area (Å²) < 4.78 is 31.1. The minimum absolute atomic E-state index is 0. The lowest BCUT2D eigenvalue weighted by Crippen LogP contribution is -2.37. The average molecular weight is 465 g/mol. The van der Waals surface area contributed by atoms with Crippen molar-refractivity contribution in [3.05, 3.63) is 47.8 Å². The number of ether oxygens (including phenoxy) is 1. The Bertz CT molecular complexity index is 678. The minimum Gasteiger partial charge on any atom is -0.434 e. The maximum atomic E-state index is 12.4. The van der Waals surface area contributed by atoms with Gasteiger partial charge in [0.2, 0.25) is 0 Å². The standard InChI is InChI=1S/C16H21F2N5O.HI/c1-19-16(20-8-7-12-9-22-23(2)11-12)21-10-13-5-3-4-6-14(13)24-15(17)18;/h3-6,9,11,15H,7-8,10H2,1-2H3,(H2,19,20,21);1H. The fourth-order valence-corrected chi connectivity index (χ4v) is 2.19. The van der Waals surface area contributed by atoms with Gasteiger partial charge in [0.25, 0.3) is 0 Å². The topological polar surface area (TPSA) is 63.5 Å². The molecule has 25 heavy (non-hydrogen) atoms. The molecule has 0 saturated heterocycles. The van der Waals surface area contributed by atoms with Crippen LogP contribution in [0.15, 0.2) is 41.7 Å². The normalized spacial score (nSPS) is 11.2. The van der Waals surface area contributed by atoms with E-state index in [1.54, 1.807) is 29.9 Å². The number of aromatic nitrogens is 2. The van der Waals surface area contributed by atoms with E-state index in [1.165, 1.54) is 6.07 Å². The predicted octanol–water partition coefficient (Wildman–Crippen LogP) is 2.55. The molecule has 0 aliphatic carbocycles. The number of guanidine groups is 1. The Kier molecular flexibility index (Phi) is 9.17. The van der Waals surface area contributed by atoms with Crippen molar-refractivity contribution < 1.29 is 13.5 Å². The molecule has 0 aliphatic heterocycles. The van der Waals surface area contributed by atoms with Gasteiger partial charge in [0.15, 0.2) is 5.96 Å². The Balaban J connectivity index is 0.00000312. The number of rotatable bonds is 7. The Labute approximate surface area is 162 Å². The summed E-state index contributed by atoms with van der Waals surface area (Å²) in [6.45, 7) is -1.83. The summed E-state index contributed by atoms with van der Waals surface area (Å²) in [7, 11) is 3.53. The van der Waals surface area contributed by atoms with E-state index in [1.807, 2.05) is 19.4 Å². The Morgan fingerprint density at radius 3 is 2.72 bits per heavy atom. The highest BCUT2D eigenvalue weighted by Gasteiger charge is 2.09. The molecule has 138 valence electrons. The number of nitrogens with zero attached hydrogens (tertiary/aromatic N) is 3. The van der Waals surface area contributed by atoms with Crippen LogP contribution in [0.3, 0.4) is 0 Å². The summed E-state index contributed by atoms with van der Waals surface area (Å²) in [4.78, 5) is 4.11. The number of aryl methyl sites for hydroxylation is 1. The van der Waals surface area contributed by atoms with E-state index in [-0.39, 0.29) is 29.7 Å². The number of halogens is 3. The molecule has 1 heterocycles. The van der Waals surface area contributed by atoms with Gasteiger partial charge in [0.05, 0.1) is 6.20 Å². The number of nitrogens with one attached hydrogen (secondary N) is 2. The van der Waals surface area contributed by atoms with Crippen molar-refractivity contribution in [2.75, 3.05) is 13.6 Å². The van der Waals surface area contributed by atoms with Crippen LogP contribution in [0, 0.1) is 0 Å². The van der Waals surface area contributed by atoms with Crippen molar-refractivity contribution in [1.82, 2.24) is 20.4 Å². The average Bonchev–Trinajstić information content (AvgIpc) is 2.97. The van der Waals surface area contributed by atoms with Gasteiger partial charge in [-0.2, -0.15) is 13.9 Å². The lowest BCUT2D eigenvalue weighted by Gasteiger charge is -2.14. The third kappa shape index (κ3) is 7.24. The summed E-state index contributed by atoms with van der Waals surface area (Å²) in [6.07, 6.45) is 4.57. The van der Waals surface area contributed by atoms with Gasteiger partial charge in [-0.15, -0.1) is 24.0 Å². The van der Waals surface area contributed by atoms with Gasteiger partial charge < -0.3 is 15.4 Å². The van der Waals surface area contributed by atoms with Gasteiger partial charge in [0.1, 0.15) is 5.75 Å². The van der Waals surface area contributed by atoms with Crippen molar-refractivity contribution in [3.8, 4) is 5.75 Å². The van der Waals surface area contributed by atoms with Crippen LogP contribution in [0.25, 0.3) is 0 Å². The quantitative estimate of drug-likeness (QED) is 0.375. The largest absolute Gasteiger partial charge is 0.434 e. The highest BCUT2D eigenvalue weighted by Crippen LogP contribution is 2.19. The number of aliphatic imine (C=N–C) groups is 1. The smallest absolute Gasteiger partial charge is 0.387 e. The van der Waals surface area contributed by atoms with Crippen LogP contribution in [0.4, 0.5) is 8.78 Å². The molecular formula is C16H22F2IN5O. The molecule has 0 bridgehead atoms. The molecule has 1 aromatic heterocycles. The van der Waals surface area contributed by atoms with E-state index in [9.17, 15) is 8.78 Å². The first-order valence-corrected chi connectivity index (χ1v) is 7.53. The summed E-state index contributed by atoms with van der Waals surface area (Å²) in [5.74, 6) is 0.747. The Hall–Kier alpha value is -1.91. The van der Waals surface area contributed by atoms with Crippen LogP contribution in [-0.2, 0) is 20.0 Å². The number of benzene rings is 1. The molecule has 0 fully saturated rings. The number of para-hydroxylation sites is 1. The van der Waals surface area contributed by atoms with Gasteiger partial charge >= 0.3 is 6.61 Å². The van der Waals surface area contributed by atoms with Crippen LogP contribution in [-0.4, -0.2) is 35.9 Å². The molecule has 0 atom stereocenters. The molecular weight excluding hydrogens is 443 g/mol. The second-order valence-electron chi connectivity index (χ2n) is 5.11. The molecule has 9 heteroatoms. The van der Waals surface area contributed by atoms with E-state index < -0.39 is 6.61 Å². The van der Waals surface area contributed by atoms with Crippen LogP contribution in [0.5, 0.6) is 5.75 Å². The maximum absolute atomic E-state index is 12.4. The molecule has 0 radical (unpaired) electrons. The van der Waals surface area contributed by atoms with E-state index in [0.29, 0.717) is 24.6 Å². The molecule has 2 rings (SSSR count). The summed E-state index contributed by atoms with van der Waals surface area (Å²) in [5, 5.41) is 10.4. The van der Waals surface area contributed by atoms with Crippen LogP contribution in [0.1, 0.15) is 11.1 Å². The maximum Gasteiger partial charge on any atom is 0.387 e. The van der Waals surface area contributed by atoms with Crippen molar-refractivity contribution in [2.24, 2.45) is 12.0 Å². The lowest BCUT2D eigenvalue weighted by atomic mass is 10.2. The zero-order chi connectivity index (χ0) is 17.4. The first-order chi connectivity index (χ1) is 11.6. The van der Waals surface area contributed by atoms with E-state index >= 15 is 0 Å². The molecule has 6 nitrogen and oxygen atoms in total. The predicted molar refractivity (Wildman–Crippen MR) is 104 cm³/mol. The van der Waals surface area contributed by atoms with Crippen molar-refractivity contribution in [1.29, 1.82) is 0 Å². The van der Waals surface area contributed by atoms with Crippen molar-refractivity contribution in [3.63, 3.8) is 0 Å². The molecule has 1 aromatic carbocycles. The lowest BCUT2D eigenvalue weighted by molar-refractivity contribution is -0.0504. The molecule has 0 spiro atoms. The Morgan fingerprint density at radius 1 is 1.32 bits per heavy atom. The van der Waals surface area contributed by atoms with E-state index in [0.717, 1.165) is 12.0 Å². The van der Waals surface area contributed by atoms with Gasteiger partial charge in [-0.05, 0) is 18.1 Å². The third-order valence-electron chi connectivity index (χ3n) is 3.32. The zero-order valence-corrected chi connectivity index (χ0v) is 16.4. The summed E-state index contributed by atoms with van der Waals surface area (Å²) in [6, 6.07) is 6.67. The number of hydrogen-bond donors (Lipinski definition) is 2. The fraction of sp³-hybridized carbons (Fsp3) is 0.375. The molecule has 0 saturated carbocycles. The number of alkyl halides is 2. The molecule has 0 unspecified atom stereocenters. The second-order valence-corrected chi connectivity index (χ2v) is 5.11. The summed E-state index contributed by atoms with van der Waals surface area (Å²) in [5.41, 5.74) is 1.75. The number of hydrogen-bond acceptors (Lipinski definition) is 3. The Morgan fingerprint density at radius 2 is 2.08 bits per heavy atom. The summed E-state index contributed by atoms with van der Waals surface area (Å²) >= 11 is 0. The van der Waals surface area contributed by atoms with Crippen molar-refractivity contribution >= 4 is 29.9 Å². The molecule has 0 amide bonds. The highest BCUT2D eigenvalue weighted by atomic mass is 127. The fourth-order valence-electron chi connectivity index (χ4n) is 2.19. The third-order valence-corrected chi connectivity index (χ3v) is 3.32. The SMILES string of the molecule is CN=C(NCCc1cnn(C)c1)NCc1ccccc1OC(F)F.I. The minimum atomic E-state index is -2.84. The van der Waals surface area contributed by atoms with Crippen LogP contribution < -0.4 is 15.4 Å². The van der Waals surface area contributed by atoms with Gasteiger partial charge in [-0.3, -0.25) is 9.67 Å². The highest BCUT2D eigenvalue weighted by molar-refractivity contribution is 14.0. The molecule has 2 aromatic rings. The van der Waals surface area contributed by atoms with Crippen LogP contribution >= 0.6 is 24.0 Å². The first-order valence-electron chi connectivity index (χ1n) is 7.53. The second kappa shape index (κ2) is 10.9. The van der Waals surface area contributed by atoms with E-state index in [2.05, 4.69) is 25.5 Å². The zero-order valence-electron chi connectivity index (χ0n) is 14.1. The van der Waals surface area contributed by atoms with Crippen molar-refractivity contribution in [2.45, 2.75) is 19.6 Å². The molecule has 2 N–H and O–H groups in total. The van der Waals surface area contributed by atoms with E-state index in [4.69, 9.17) is 0 Å².